The van der Waals surface area contributed by atoms with Gasteiger partial charge in [-0.25, -0.2) is 4.39 Å². The minimum Gasteiger partial charge on any atom is -0.481 e. The van der Waals surface area contributed by atoms with Gasteiger partial charge < -0.3 is 14.5 Å². The SMILES string of the molecule is C[C@@H](Oc1ccc(F)cc1)c1nnc(SCC(=O)NCCC#N)o1. The Morgan fingerprint density at radius 2 is 2.21 bits per heavy atom. The molecule has 1 amide bonds. The van der Waals surface area contributed by atoms with Crippen LogP contribution in [0.25, 0.3) is 0 Å². The number of aromatic nitrogens is 2. The average molecular weight is 350 g/mol. The van der Waals surface area contributed by atoms with Gasteiger partial charge in [-0.3, -0.25) is 4.79 Å². The van der Waals surface area contributed by atoms with Crippen LogP contribution in [0, 0.1) is 17.1 Å². The summed E-state index contributed by atoms with van der Waals surface area (Å²) in [6.07, 6.45) is -0.249. The number of benzene rings is 1. The third kappa shape index (κ3) is 5.55. The molecule has 0 saturated carbocycles. The molecule has 0 fully saturated rings. The largest absolute Gasteiger partial charge is 0.481 e. The first-order chi connectivity index (χ1) is 11.6. The van der Waals surface area contributed by atoms with Crippen LogP contribution in [0.1, 0.15) is 25.3 Å². The molecule has 0 spiro atoms. The van der Waals surface area contributed by atoms with Crippen molar-refractivity contribution < 1.29 is 18.3 Å². The van der Waals surface area contributed by atoms with E-state index in [9.17, 15) is 9.18 Å². The van der Waals surface area contributed by atoms with Crippen molar-refractivity contribution in [2.24, 2.45) is 0 Å². The van der Waals surface area contributed by atoms with Gasteiger partial charge in [0.15, 0.2) is 6.10 Å². The van der Waals surface area contributed by atoms with Gasteiger partial charge in [0.2, 0.25) is 5.91 Å². The molecular weight excluding hydrogens is 335 g/mol. The van der Waals surface area contributed by atoms with Gasteiger partial charge in [0.25, 0.3) is 11.1 Å². The monoisotopic (exact) mass is 350 g/mol. The highest BCUT2D eigenvalue weighted by Gasteiger charge is 2.16. The van der Waals surface area contributed by atoms with E-state index >= 15 is 0 Å². The van der Waals surface area contributed by atoms with Gasteiger partial charge in [-0.15, -0.1) is 10.2 Å². The van der Waals surface area contributed by atoms with Crippen molar-refractivity contribution >= 4 is 17.7 Å². The topological polar surface area (TPSA) is 101 Å². The molecule has 0 radical (unpaired) electrons. The van der Waals surface area contributed by atoms with Gasteiger partial charge in [0.1, 0.15) is 11.6 Å². The lowest BCUT2D eigenvalue weighted by Crippen LogP contribution is -2.25. The second-order valence-corrected chi connectivity index (χ2v) is 5.59. The molecule has 1 aromatic carbocycles. The van der Waals surface area contributed by atoms with E-state index in [0.717, 1.165) is 11.8 Å². The number of rotatable bonds is 8. The van der Waals surface area contributed by atoms with Crippen molar-refractivity contribution in [3.05, 3.63) is 36.0 Å². The molecule has 0 unspecified atom stereocenters. The fourth-order valence-corrected chi connectivity index (χ4v) is 2.25. The Hall–Kier alpha value is -2.60. The zero-order chi connectivity index (χ0) is 17.4. The zero-order valence-electron chi connectivity index (χ0n) is 12.9. The van der Waals surface area contributed by atoms with E-state index in [1.54, 1.807) is 6.92 Å². The lowest BCUT2D eigenvalue weighted by molar-refractivity contribution is -0.118. The number of thioether (sulfide) groups is 1. The maximum atomic E-state index is 12.9. The Kier molecular flexibility index (Phi) is 6.57. The van der Waals surface area contributed by atoms with Crippen LogP contribution in [0.3, 0.4) is 0 Å². The van der Waals surface area contributed by atoms with E-state index in [2.05, 4.69) is 15.5 Å². The molecule has 126 valence electrons. The molecule has 1 atom stereocenters. The summed E-state index contributed by atoms with van der Waals surface area (Å²) in [5.74, 6) is 0.283. The Morgan fingerprint density at radius 1 is 1.46 bits per heavy atom. The molecule has 2 aromatic rings. The van der Waals surface area contributed by atoms with Gasteiger partial charge in [0.05, 0.1) is 18.2 Å². The molecule has 1 N–H and O–H groups in total. The van der Waals surface area contributed by atoms with Gasteiger partial charge in [0, 0.05) is 6.54 Å². The first kappa shape index (κ1) is 17.7. The van der Waals surface area contributed by atoms with Crippen molar-refractivity contribution in [1.82, 2.24) is 15.5 Å². The predicted octanol–water partition coefficient (Wildman–Crippen LogP) is 2.47. The first-order valence-corrected chi connectivity index (χ1v) is 8.09. The molecule has 9 heteroatoms. The number of nitrogens with one attached hydrogen (secondary N) is 1. The van der Waals surface area contributed by atoms with Crippen molar-refractivity contribution in [2.45, 2.75) is 24.7 Å². The number of halogens is 1. The number of nitriles is 1. The van der Waals surface area contributed by atoms with Crippen LogP contribution in [0.4, 0.5) is 4.39 Å². The van der Waals surface area contributed by atoms with Crippen LogP contribution in [-0.4, -0.2) is 28.4 Å². The second kappa shape index (κ2) is 8.88. The van der Waals surface area contributed by atoms with E-state index in [-0.39, 0.29) is 35.0 Å². The number of hydrogen-bond acceptors (Lipinski definition) is 7. The van der Waals surface area contributed by atoms with Gasteiger partial charge in [-0.1, -0.05) is 11.8 Å². The number of nitrogens with zero attached hydrogens (tertiary/aromatic N) is 3. The van der Waals surface area contributed by atoms with Crippen molar-refractivity contribution in [2.75, 3.05) is 12.3 Å². The lowest BCUT2D eigenvalue weighted by atomic mass is 10.3. The third-order valence-electron chi connectivity index (χ3n) is 2.78. The molecule has 2 rings (SSSR count). The van der Waals surface area contributed by atoms with E-state index in [0.29, 0.717) is 12.3 Å². The van der Waals surface area contributed by atoms with Crippen molar-refractivity contribution in [3.63, 3.8) is 0 Å². The van der Waals surface area contributed by atoms with Crippen LogP contribution >= 0.6 is 11.8 Å². The van der Waals surface area contributed by atoms with E-state index in [4.69, 9.17) is 14.4 Å². The summed E-state index contributed by atoms with van der Waals surface area (Å²) in [4.78, 5) is 11.5. The van der Waals surface area contributed by atoms with Crippen LogP contribution in [-0.2, 0) is 4.79 Å². The average Bonchev–Trinajstić information content (AvgIpc) is 3.04. The molecule has 0 aliphatic heterocycles. The summed E-state index contributed by atoms with van der Waals surface area (Å²) < 4.78 is 23.9. The molecule has 1 heterocycles. The molecule has 0 saturated heterocycles. The Balaban J connectivity index is 1.82. The van der Waals surface area contributed by atoms with E-state index < -0.39 is 6.10 Å². The number of ether oxygens (including phenoxy) is 1. The molecule has 7 nitrogen and oxygen atoms in total. The minimum absolute atomic E-state index is 0.111. The summed E-state index contributed by atoms with van der Waals surface area (Å²) in [5.41, 5.74) is 0. The van der Waals surface area contributed by atoms with Crippen molar-refractivity contribution in [1.29, 1.82) is 5.26 Å². The van der Waals surface area contributed by atoms with Crippen LogP contribution < -0.4 is 10.1 Å². The highest BCUT2D eigenvalue weighted by molar-refractivity contribution is 7.99. The molecule has 24 heavy (non-hydrogen) atoms. The van der Waals surface area contributed by atoms with E-state index in [1.165, 1.54) is 24.3 Å². The Bertz CT molecular complexity index is 714. The maximum Gasteiger partial charge on any atom is 0.277 e. The number of carbonyl (C=O) groups is 1. The highest BCUT2D eigenvalue weighted by Crippen LogP contribution is 2.23. The van der Waals surface area contributed by atoms with Crippen LogP contribution in [0.5, 0.6) is 5.75 Å². The number of hydrogen-bond donors (Lipinski definition) is 1. The first-order valence-electron chi connectivity index (χ1n) is 7.10. The Labute approximate surface area is 142 Å². The zero-order valence-corrected chi connectivity index (χ0v) is 13.7. The fraction of sp³-hybridized carbons (Fsp3) is 0.333. The van der Waals surface area contributed by atoms with Gasteiger partial charge in [-0.05, 0) is 31.2 Å². The summed E-state index contributed by atoms with van der Waals surface area (Å²) in [6, 6.07) is 7.53. The predicted molar refractivity (Wildman–Crippen MR) is 83.7 cm³/mol. The fourth-order valence-electron chi connectivity index (χ4n) is 1.65. The third-order valence-corrected chi connectivity index (χ3v) is 3.60. The standard InChI is InChI=1S/C15H15FN4O3S/c1-10(22-12-5-3-11(16)4-6-12)14-19-20-15(23-14)24-9-13(21)18-8-2-7-17/h3-6,10H,2,8-9H2,1H3,(H,18,21)/t10-/m1/s1. The highest BCUT2D eigenvalue weighted by atomic mass is 32.2. The summed E-state index contributed by atoms with van der Waals surface area (Å²) in [5, 5.41) is 18.9. The van der Waals surface area contributed by atoms with Gasteiger partial charge in [-0.2, -0.15) is 5.26 Å². The Morgan fingerprint density at radius 3 is 2.92 bits per heavy atom. The maximum absolute atomic E-state index is 12.9. The summed E-state index contributed by atoms with van der Waals surface area (Å²) in [7, 11) is 0. The molecule has 0 aliphatic rings. The smallest absolute Gasteiger partial charge is 0.277 e. The van der Waals surface area contributed by atoms with Gasteiger partial charge >= 0.3 is 0 Å². The minimum atomic E-state index is -0.512. The molecular formula is C15H15FN4O3S. The summed E-state index contributed by atoms with van der Waals surface area (Å²) >= 11 is 1.09. The lowest BCUT2D eigenvalue weighted by Gasteiger charge is -2.10. The van der Waals surface area contributed by atoms with Crippen LogP contribution in [0.2, 0.25) is 0 Å². The van der Waals surface area contributed by atoms with E-state index in [1.807, 2.05) is 6.07 Å². The molecule has 0 bridgehead atoms. The summed E-state index contributed by atoms with van der Waals surface area (Å²) in [6.45, 7) is 2.04. The normalized spacial score (nSPS) is 11.5. The van der Waals surface area contributed by atoms with Crippen LogP contribution in [0.15, 0.2) is 33.9 Å². The number of carbonyl (C=O) groups excluding carboxylic acids is 1. The quantitative estimate of drug-likeness (QED) is 0.576. The second-order valence-electron chi connectivity index (χ2n) is 4.67. The van der Waals surface area contributed by atoms with Crippen molar-refractivity contribution in [3.8, 4) is 11.8 Å². The molecule has 0 aliphatic carbocycles. The number of amides is 1. The molecule has 1 aromatic heterocycles.